The molecule has 0 aromatic heterocycles. The minimum absolute atomic E-state index is 0.211. The van der Waals surface area contributed by atoms with Crippen molar-refractivity contribution in [2.24, 2.45) is 0 Å². The Morgan fingerprint density at radius 3 is 1.88 bits per heavy atom. The highest BCUT2D eigenvalue weighted by Crippen LogP contribution is 2.17. The van der Waals surface area contributed by atoms with Crippen molar-refractivity contribution in [2.45, 2.75) is 6.92 Å². The zero-order valence-electron chi connectivity index (χ0n) is 18.3. The highest BCUT2D eigenvalue weighted by Gasteiger charge is 2.09. The van der Waals surface area contributed by atoms with Crippen LogP contribution in [0.2, 0.25) is 0 Å². The average molecular weight is 448 g/mol. The molecule has 0 aliphatic carbocycles. The van der Waals surface area contributed by atoms with Gasteiger partial charge in [0.25, 0.3) is 11.8 Å². The van der Waals surface area contributed by atoms with Gasteiger partial charge >= 0.3 is 5.97 Å². The topological polar surface area (TPSA) is 103 Å². The number of methoxy groups -OCH3 is 1. The molecule has 0 saturated carbocycles. The molecule has 0 unspecified atom stereocenters. The Morgan fingerprint density at radius 2 is 1.27 bits per heavy atom. The van der Waals surface area contributed by atoms with E-state index in [2.05, 4.69) is 10.6 Å². The summed E-state index contributed by atoms with van der Waals surface area (Å²) >= 11 is 0. The fourth-order valence-electron chi connectivity index (χ4n) is 2.83. The molecule has 0 fully saturated rings. The second kappa shape index (κ2) is 11.3. The van der Waals surface area contributed by atoms with E-state index in [0.29, 0.717) is 40.6 Å². The first-order chi connectivity index (χ1) is 16.0. The van der Waals surface area contributed by atoms with Gasteiger partial charge in [0.15, 0.2) is 6.61 Å². The van der Waals surface area contributed by atoms with E-state index >= 15 is 0 Å². The average Bonchev–Trinajstić information content (AvgIpc) is 2.84. The van der Waals surface area contributed by atoms with Crippen LogP contribution in [0.3, 0.4) is 0 Å². The van der Waals surface area contributed by atoms with Gasteiger partial charge in [0, 0.05) is 16.9 Å². The molecule has 0 spiro atoms. The van der Waals surface area contributed by atoms with Crippen molar-refractivity contribution >= 4 is 29.2 Å². The summed E-state index contributed by atoms with van der Waals surface area (Å²) in [5, 5.41) is 5.48. The predicted molar refractivity (Wildman–Crippen MR) is 124 cm³/mol. The van der Waals surface area contributed by atoms with E-state index in [4.69, 9.17) is 14.2 Å². The summed E-state index contributed by atoms with van der Waals surface area (Å²) in [6, 6.07) is 19.8. The summed E-state index contributed by atoms with van der Waals surface area (Å²) in [4.78, 5) is 36.2. The third kappa shape index (κ3) is 6.83. The van der Waals surface area contributed by atoms with Gasteiger partial charge in [-0.25, -0.2) is 4.79 Å². The highest BCUT2D eigenvalue weighted by atomic mass is 16.5. The van der Waals surface area contributed by atoms with Crippen molar-refractivity contribution < 1.29 is 28.6 Å². The van der Waals surface area contributed by atoms with Crippen LogP contribution in [-0.2, 0) is 9.53 Å². The van der Waals surface area contributed by atoms with E-state index in [9.17, 15) is 14.4 Å². The monoisotopic (exact) mass is 448 g/mol. The summed E-state index contributed by atoms with van der Waals surface area (Å²) in [6.45, 7) is 1.82. The van der Waals surface area contributed by atoms with Crippen LogP contribution in [0.4, 0.5) is 11.4 Å². The van der Waals surface area contributed by atoms with Crippen LogP contribution >= 0.6 is 0 Å². The van der Waals surface area contributed by atoms with Crippen LogP contribution in [0.1, 0.15) is 27.6 Å². The number of hydrogen-bond acceptors (Lipinski definition) is 6. The molecule has 170 valence electrons. The van der Waals surface area contributed by atoms with Gasteiger partial charge in [-0.1, -0.05) is 0 Å². The maximum absolute atomic E-state index is 12.4. The van der Waals surface area contributed by atoms with E-state index in [0.717, 1.165) is 0 Å². The molecular formula is C25H24N2O6. The molecule has 3 aromatic rings. The Hall–Kier alpha value is -4.33. The molecule has 0 bridgehead atoms. The first-order valence-corrected chi connectivity index (χ1v) is 10.2. The van der Waals surface area contributed by atoms with Crippen molar-refractivity contribution in [3.05, 3.63) is 83.9 Å². The van der Waals surface area contributed by atoms with E-state index in [1.807, 2.05) is 0 Å². The van der Waals surface area contributed by atoms with Crippen LogP contribution in [0, 0.1) is 0 Å². The maximum Gasteiger partial charge on any atom is 0.338 e. The quantitative estimate of drug-likeness (QED) is 0.477. The molecule has 8 heteroatoms. The van der Waals surface area contributed by atoms with Gasteiger partial charge in [0.2, 0.25) is 0 Å². The molecule has 0 aliphatic heterocycles. The Balaban J connectivity index is 1.47. The number of anilines is 2. The first kappa shape index (κ1) is 23.3. The van der Waals surface area contributed by atoms with E-state index < -0.39 is 5.97 Å². The SMILES string of the molecule is CCOC(=O)c1ccc(NC(=O)COc2ccc(C(=O)Nc3ccc(OC)cc3)cc2)cc1. The molecule has 0 heterocycles. The molecule has 8 nitrogen and oxygen atoms in total. The van der Waals surface area contributed by atoms with Crippen LogP contribution in [-0.4, -0.2) is 38.1 Å². The number of ether oxygens (including phenoxy) is 3. The van der Waals surface area contributed by atoms with Crippen molar-refractivity contribution in [1.82, 2.24) is 0 Å². The molecule has 0 radical (unpaired) electrons. The van der Waals surface area contributed by atoms with Crippen molar-refractivity contribution in [3.63, 3.8) is 0 Å². The highest BCUT2D eigenvalue weighted by molar-refractivity contribution is 6.04. The van der Waals surface area contributed by atoms with Gasteiger partial charge < -0.3 is 24.8 Å². The van der Waals surface area contributed by atoms with Gasteiger partial charge in [-0.2, -0.15) is 0 Å². The lowest BCUT2D eigenvalue weighted by atomic mass is 10.2. The Morgan fingerprint density at radius 1 is 0.727 bits per heavy atom. The molecule has 3 aromatic carbocycles. The number of rotatable bonds is 9. The Kier molecular flexibility index (Phi) is 8.02. The van der Waals surface area contributed by atoms with Crippen LogP contribution in [0.15, 0.2) is 72.8 Å². The summed E-state index contributed by atoms with van der Waals surface area (Å²) in [5.74, 6) is 0.104. The van der Waals surface area contributed by atoms with Gasteiger partial charge in [0.1, 0.15) is 11.5 Å². The number of esters is 1. The van der Waals surface area contributed by atoms with Crippen LogP contribution < -0.4 is 20.1 Å². The van der Waals surface area contributed by atoms with E-state index in [1.165, 1.54) is 0 Å². The second-order valence-corrected chi connectivity index (χ2v) is 6.84. The Labute approximate surface area is 191 Å². The van der Waals surface area contributed by atoms with Crippen LogP contribution in [0.5, 0.6) is 11.5 Å². The molecule has 0 aliphatic rings. The zero-order valence-corrected chi connectivity index (χ0v) is 18.3. The number of nitrogens with one attached hydrogen (secondary N) is 2. The number of carbonyl (C=O) groups is 3. The van der Waals surface area contributed by atoms with E-state index in [-0.39, 0.29) is 18.4 Å². The fraction of sp³-hybridized carbons (Fsp3) is 0.160. The lowest BCUT2D eigenvalue weighted by Crippen LogP contribution is -2.20. The van der Waals surface area contributed by atoms with Crippen molar-refractivity contribution in [1.29, 1.82) is 0 Å². The fourth-order valence-corrected chi connectivity index (χ4v) is 2.83. The lowest BCUT2D eigenvalue weighted by Gasteiger charge is -2.09. The first-order valence-electron chi connectivity index (χ1n) is 10.2. The normalized spacial score (nSPS) is 10.1. The molecular weight excluding hydrogens is 424 g/mol. The second-order valence-electron chi connectivity index (χ2n) is 6.84. The lowest BCUT2D eigenvalue weighted by molar-refractivity contribution is -0.118. The largest absolute Gasteiger partial charge is 0.497 e. The molecule has 2 N–H and O–H groups in total. The summed E-state index contributed by atoms with van der Waals surface area (Å²) < 4.78 is 15.5. The number of carbonyl (C=O) groups excluding carboxylic acids is 3. The maximum atomic E-state index is 12.4. The van der Waals surface area contributed by atoms with Gasteiger partial charge in [-0.15, -0.1) is 0 Å². The number of amides is 2. The number of hydrogen-bond donors (Lipinski definition) is 2. The zero-order chi connectivity index (χ0) is 23.6. The summed E-state index contributed by atoms with van der Waals surface area (Å²) in [5.41, 5.74) is 2.03. The molecule has 0 atom stereocenters. The van der Waals surface area contributed by atoms with Crippen molar-refractivity contribution in [3.8, 4) is 11.5 Å². The summed E-state index contributed by atoms with van der Waals surface area (Å²) in [7, 11) is 1.57. The van der Waals surface area contributed by atoms with Crippen LogP contribution in [0.25, 0.3) is 0 Å². The standard InChI is InChI=1S/C25H24N2O6/c1-3-32-25(30)18-4-8-19(9-5-18)26-23(28)16-33-22-12-6-17(7-13-22)24(29)27-20-10-14-21(31-2)15-11-20/h4-15H,3,16H2,1-2H3,(H,26,28)(H,27,29). The Bertz CT molecular complexity index is 1090. The van der Waals surface area contributed by atoms with Gasteiger partial charge in [0.05, 0.1) is 19.3 Å². The van der Waals surface area contributed by atoms with Crippen molar-refractivity contribution in [2.75, 3.05) is 31.0 Å². The molecule has 3 rings (SSSR count). The summed E-state index contributed by atoms with van der Waals surface area (Å²) in [6.07, 6.45) is 0. The molecule has 2 amide bonds. The number of benzene rings is 3. The van der Waals surface area contributed by atoms with E-state index in [1.54, 1.807) is 86.8 Å². The third-order valence-electron chi connectivity index (χ3n) is 4.51. The van der Waals surface area contributed by atoms with Gasteiger partial charge in [-0.05, 0) is 79.7 Å². The molecule has 33 heavy (non-hydrogen) atoms. The van der Waals surface area contributed by atoms with Gasteiger partial charge in [-0.3, -0.25) is 9.59 Å². The minimum Gasteiger partial charge on any atom is -0.497 e. The smallest absolute Gasteiger partial charge is 0.338 e. The molecule has 0 saturated heterocycles. The third-order valence-corrected chi connectivity index (χ3v) is 4.51. The predicted octanol–water partition coefficient (Wildman–Crippen LogP) is 4.14. The minimum atomic E-state index is -0.417.